The Morgan fingerprint density at radius 3 is 1.55 bits per heavy atom. The van der Waals surface area contributed by atoms with Crippen molar-refractivity contribution in [1.82, 2.24) is 3.97 Å². The van der Waals surface area contributed by atoms with Crippen LogP contribution in [0.4, 0.5) is 0 Å². The molecule has 0 radical (unpaired) electrons. The van der Waals surface area contributed by atoms with Gasteiger partial charge in [-0.25, -0.2) is 12.4 Å². The van der Waals surface area contributed by atoms with E-state index in [-0.39, 0.29) is 31.3 Å². The molecule has 0 N–H and O–H groups in total. The van der Waals surface area contributed by atoms with Crippen LogP contribution in [0.5, 0.6) is 0 Å². The van der Waals surface area contributed by atoms with Crippen molar-refractivity contribution in [3.63, 3.8) is 0 Å². The average molecular weight is 794 g/mol. The van der Waals surface area contributed by atoms with E-state index in [1.54, 1.807) is 12.1 Å². The molecule has 0 aliphatic carbocycles. The molecular formula is C49H47NO7S. The molecule has 2 heterocycles. The van der Waals surface area contributed by atoms with E-state index in [1.807, 2.05) is 171 Å². The normalized spacial score (nSPS) is 19.6. The van der Waals surface area contributed by atoms with E-state index in [0.29, 0.717) is 17.8 Å². The van der Waals surface area contributed by atoms with E-state index in [2.05, 4.69) is 0 Å². The summed E-state index contributed by atoms with van der Waals surface area (Å²) in [7, 11) is -4.13. The zero-order valence-electron chi connectivity index (χ0n) is 32.4. The molecule has 9 heteroatoms. The molecule has 8 nitrogen and oxygen atoms in total. The summed E-state index contributed by atoms with van der Waals surface area (Å²) < 4.78 is 65.5. The molecular weight excluding hydrogens is 747 g/mol. The Hall–Kier alpha value is -5.39. The van der Waals surface area contributed by atoms with Gasteiger partial charge in [-0.2, -0.15) is 0 Å². The lowest BCUT2D eigenvalue weighted by atomic mass is 9.92. The maximum absolute atomic E-state index is 14.9. The van der Waals surface area contributed by atoms with Crippen LogP contribution in [-0.4, -0.2) is 43.4 Å². The molecule has 1 fully saturated rings. The molecule has 1 saturated heterocycles. The van der Waals surface area contributed by atoms with Crippen molar-refractivity contribution in [2.24, 2.45) is 0 Å². The highest BCUT2D eigenvalue weighted by molar-refractivity contribution is 7.90. The van der Waals surface area contributed by atoms with Gasteiger partial charge in [0.1, 0.15) is 30.5 Å². The molecule has 58 heavy (non-hydrogen) atoms. The van der Waals surface area contributed by atoms with Crippen molar-refractivity contribution in [2.75, 3.05) is 6.61 Å². The fraction of sp³-hybridized carbons (Fsp3) is 0.224. The van der Waals surface area contributed by atoms with Crippen LogP contribution in [0.1, 0.15) is 39.6 Å². The van der Waals surface area contributed by atoms with E-state index >= 15 is 0 Å². The van der Waals surface area contributed by atoms with Crippen LogP contribution in [0, 0.1) is 6.92 Å². The smallest absolute Gasteiger partial charge is 0.268 e. The number of hydrogen-bond donors (Lipinski definition) is 0. The van der Waals surface area contributed by atoms with Gasteiger partial charge in [0.15, 0.2) is 0 Å². The summed E-state index contributed by atoms with van der Waals surface area (Å²) >= 11 is 0. The van der Waals surface area contributed by atoms with Crippen LogP contribution >= 0.6 is 0 Å². The summed E-state index contributed by atoms with van der Waals surface area (Å²) in [5, 5.41) is 0.750. The minimum Gasteiger partial charge on any atom is -0.374 e. The number of para-hydroxylation sites is 1. The fourth-order valence-electron chi connectivity index (χ4n) is 7.46. The molecule has 296 valence electrons. The van der Waals surface area contributed by atoms with Crippen molar-refractivity contribution < 1.29 is 32.1 Å². The number of aryl methyl sites for hydroxylation is 1. The van der Waals surface area contributed by atoms with Crippen molar-refractivity contribution in [3.8, 4) is 0 Å². The number of ether oxygens (including phenoxy) is 5. The maximum Gasteiger partial charge on any atom is 0.268 e. The van der Waals surface area contributed by atoms with Crippen LogP contribution in [0.15, 0.2) is 181 Å². The Labute approximate surface area is 340 Å². The van der Waals surface area contributed by atoms with Crippen molar-refractivity contribution >= 4 is 20.9 Å². The maximum atomic E-state index is 14.9. The lowest BCUT2D eigenvalue weighted by Gasteiger charge is -2.46. The highest BCUT2D eigenvalue weighted by Crippen LogP contribution is 2.41. The van der Waals surface area contributed by atoms with Crippen LogP contribution in [0.3, 0.4) is 0 Å². The first-order chi connectivity index (χ1) is 28.4. The lowest BCUT2D eigenvalue weighted by molar-refractivity contribution is -0.275. The second kappa shape index (κ2) is 18.5. The number of benzene rings is 6. The zero-order valence-corrected chi connectivity index (χ0v) is 33.2. The van der Waals surface area contributed by atoms with Gasteiger partial charge in [-0.1, -0.05) is 157 Å². The first kappa shape index (κ1) is 39.4. The minimum atomic E-state index is -4.13. The summed E-state index contributed by atoms with van der Waals surface area (Å²) in [5.41, 5.74) is 5.84. The van der Waals surface area contributed by atoms with Gasteiger partial charge in [0.2, 0.25) is 0 Å². The molecule has 0 saturated carbocycles. The highest BCUT2D eigenvalue weighted by Gasteiger charge is 2.50. The molecule has 7 aromatic rings. The minimum absolute atomic E-state index is 0.145. The standard InChI is InChI=1S/C49H47NO7S/c1-36-26-28-42(29-27-36)58(51,52)50-43-25-15-14-24-41(43)30-44(50)46-48(55-33-39-20-10-4-11-21-39)49(56-34-40-22-12-5-13-23-40)47(54-32-38-18-8-3-9-19-38)45(57-46)35-53-31-37-16-6-2-7-17-37/h2-30,45-49H,31-35H2,1H3/t45-,46+,47-,48+,49+/m1/s1. The third kappa shape index (κ3) is 9.16. The van der Waals surface area contributed by atoms with E-state index in [1.165, 1.54) is 3.97 Å². The molecule has 1 aliphatic rings. The Kier molecular flexibility index (Phi) is 12.6. The van der Waals surface area contributed by atoms with Gasteiger partial charge < -0.3 is 23.7 Å². The van der Waals surface area contributed by atoms with Gasteiger partial charge in [0.05, 0.1) is 49.1 Å². The van der Waals surface area contributed by atoms with Crippen molar-refractivity contribution in [2.45, 2.75) is 68.8 Å². The second-order valence-electron chi connectivity index (χ2n) is 14.6. The highest BCUT2D eigenvalue weighted by atomic mass is 32.2. The molecule has 0 unspecified atom stereocenters. The molecule has 0 amide bonds. The van der Waals surface area contributed by atoms with E-state index < -0.39 is 40.5 Å². The summed E-state index contributed by atoms with van der Waals surface area (Å²) in [4.78, 5) is 0.168. The van der Waals surface area contributed by atoms with Crippen LogP contribution in [0.25, 0.3) is 10.9 Å². The fourth-order valence-corrected chi connectivity index (χ4v) is 9.01. The Morgan fingerprint density at radius 1 is 0.534 bits per heavy atom. The van der Waals surface area contributed by atoms with Crippen LogP contribution < -0.4 is 0 Å². The molecule has 1 aliphatic heterocycles. The first-order valence-electron chi connectivity index (χ1n) is 19.6. The third-order valence-electron chi connectivity index (χ3n) is 10.4. The monoisotopic (exact) mass is 793 g/mol. The largest absolute Gasteiger partial charge is 0.374 e. The predicted octanol–water partition coefficient (Wildman–Crippen LogP) is 9.60. The lowest BCUT2D eigenvalue weighted by Crippen LogP contribution is -2.58. The number of rotatable bonds is 16. The molecule has 5 atom stereocenters. The number of hydrogen-bond acceptors (Lipinski definition) is 7. The molecule has 8 rings (SSSR count). The SMILES string of the molecule is Cc1ccc(S(=O)(=O)n2c([C@@H]3O[C@H](COCc4ccccc4)[C@@H](OCc4ccccc4)[C@H](OCc4ccccc4)[C@H]3OCc3ccccc3)cc3ccccc32)cc1. The molecule has 0 bridgehead atoms. The summed E-state index contributed by atoms with van der Waals surface area (Å²) in [6, 6.07) is 56.1. The zero-order chi connectivity index (χ0) is 39.7. The quantitative estimate of drug-likeness (QED) is 0.0964. The summed E-state index contributed by atoms with van der Waals surface area (Å²) in [5.74, 6) is 0. The van der Waals surface area contributed by atoms with Gasteiger partial charge >= 0.3 is 0 Å². The topological polar surface area (TPSA) is 85.2 Å². The Balaban J connectivity index is 1.26. The van der Waals surface area contributed by atoms with Gasteiger partial charge in [-0.3, -0.25) is 0 Å². The first-order valence-corrected chi connectivity index (χ1v) is 21.0. The van der Waals surface area contributed by atoms with Crippen LogP contribution in [-0.2, 0) is 60.1 Å². The number of aromatic nitrogens is 1. The molecule has 0 spiro atoms. The van der Waals surface area contributed by atoms with Crippen LogP contribution in [0.2, 0.25) is 0 Å². The Morgan fingerprint density at radius 2 is 1.00 bits per heavy atom. The predicted molar refractivity (Wildman–Crippen MR) is 224 cm³/mol. The molecule has 1 aromatic heterocycles. The third-order valence-corrected chi connectivity index (χ3v) is 12.2. The van der Waals surface area contributed by atoms with Gasteiger partial charge in [-0.05, 0) is 53.4 Å². The Bertz CT molecular complexity index is 2460. The second-order valence-corrected chi connectivity index (χ2v) is 16.4. The number of nitrogens with zero attached hydrogens (tertiary/aromatic N) is 1. The van der Waals surface area contributed by atoms with Crippen molar-refractivity contribution in [3.05, 3.63) is 209 Å². The van der Waals surface area contributed by atoms with Gasteiger partial charge in [-0.15, -0.1) is 0 Å². The molecule has 6 aromatic carbocycles. The van der Waals surface area contributed by atoms with Gasteiger partial charge in [0, 0.05) is 5.39 Å². The summed E-state index contributed by atoms with van der Waals surface area (Å²) in [6.07, 6.45) is -3.86. The van der Waals surface area contributed by atoms with Gasteiger partial charge in [0.25, 0.3) is 10.0 Å². The summed E-state index contributed by atoms with van der Waals surface area (Å²) in [6.45, 7) is 3.20. The number of fused-ring (bicyclic) bond motifs is 1. The van der Waals surface area contributed by atoms with Crippen molar-refractivity contribution in [1.29, 1.82) is 0 Å². The average Bonchev–Trinajstić information content (AvgIpc) is 3.67. The van der Waals surface area contributed by atoms with E-state index in [4.69, 9.17) is 23.7 Å². The van der Waals surface area contributed by atoms with E-state index in [0.717, 1.165) is 33.2 Å². The van der Waals surface area contributed by atoms with E-state index in [9.17, 15) is 8.42 Å².